The molecule has 0 aromatic heterocycles. The van der Waals surface area contributed by atoms with Crippen molar-refractivity contribution in [3.8, 4) is 0 Å². The van der Waals surface area contributed by atoms with Crippen molar-refractivity contribution < 1.29 is 18.1 Å². The van der Waals surface area contributed by atoms with Gasteiger partial charge in [0.2, 0.25) is 0 Å². The van der Waals surface area contributed by atoms with Crippen molar-refractivity contribution in [2.75, 3.05) is 6.26 Å². The number of aliphatic hydroxyl groups excluding tert-OH is 1. The smallest absolute Gasteiger partial charge is 0.261 e. The number of hydrogen-bond donors (Lipinski definition) is 2. The van der Waals surface area contributed by atoms with Crippen molar-refractivity contribution in [2.45, 2.75) is 32.3 Å². The van der Waals surface area contributed by atoms with E-state index in [1.165, 1.54) is 0 Å². The summed E-state index contributed by atoms with van der Waals surface area (Å²) in [7, 11) is -3.67. The average molecular weight is 210 g/mol. The fraction of sp³-hybridized carbons (Fsp3) is 0.750. The van der Waals surface area contributed by atoms with Crippen molar-refractivity contribution in [1.29, 1.82) is 0 Å². The van der Waals surface area contributed by atoms with E-state index in [0.717, 1.165) is 19.3 Å². The molecule has 80 valence electrons. The zero-order chi connectivity index (χ0) is 10.9. The van der Waals surface area contributed by atoms with Gasteiger partial charge in [0, 0.05) is 0 Å². The van der Waals surface area contributed by atoms with Crippen LogP contribution in [0.2, 0.25) is 0 Å². The Labute approximate surface area is 80.0 Å². The monoisotopic (exact) mass is 210 g/mol. The van der Waals surface area contributed by atoms with E-state index in [2.05, 4.69) is 13.5 Å². The molecule has 0 spiro atoms. The lowest BCUT2D eigenvalue weighted by atomic mass is 10.1. The molecular weight excluding hydrogens is 192 g/mol. The summed E-state index contributed by atoms with van der Waals surface area (Å²) >= 11 is 0. The summed E-state index contributed by atoms with van der Waals surface area (Å²) in [4.78, 5) is 0. The van der Waals surface area contributed by atoms with Gasteiger partial charge in [-0.2, -0.15) is 8.42 Å². The zero-order valence-electron chi connectivity index (χ0n) is 8.10. The van der Waals surface area contributed by atoms with Gasteiger partial charge in [0.15, 0.2) is 0 Å². The first-order valence-electron chi connectivity index (χ1n) is 4.02. The second-order valence-electron chi connectivity index (χ2n) is 2.70. The van der Waals surface area contributed by atoms with Gasteiger partial charge in [-0.15, -0.1) is 6.58 Å². The van der Waals surface area contributed by atoms with Gasteiger partial charge in [0.25, 0.3) is 10.1 Å². The summed E-state index contributed by atoms with van der Waals surface area (Å²) in [5, 5.41) is 8.98. The predicted molar refractivity (Wildman–Crippen MR) is 53.2 cm³/mol. The van der Waals surface area contributed by atoms with E-state index in [0.29, 0.717) is 6.26 Å². The quantitative estimate of drug-likeness (QED) is 0.540. The van der Waals surface area contributed by atoms with Crippen LogP contribution in [0.4, 0.5) is 0 Å². The van der Waals surface area contributed by atoms with E-state index < -0.39 is 10.1 Å². The van der Waals surface area contributed by atoms with Gasteiger partial charge in [-0.1, -0.05) is 19.4 Å². The van der Waals surface area contributed by atoms with Crippen LogP contribution < -0.4 is 0 Å². The molecule has 0 aromatic rings. The van der Waals surface area contributed by atoms with Crippen LogP contribution in [0.5, 0.6) is 0 Å². The highest BCUT2D eigenvalue weighted by molar-refractivity contribution is 7.85. The van der Waals surface area contributed by atoms with Crippen LogP contribution in [0.15, 0.2) is 12.7 Å². The molecule has 4 nitrogen and oxygen atoms in total. The minimum Gasteiger partial charge on any atom is -0.393 e. The average Bonchev–Trinajstić information content (AvgIpc) is 1.84. The summed E-state index contributed by atoms with van der Waals surface area (Å²) in [5.41, 5.74) is 0. The van der Waals surface area contributed by atoms with E-state index in [9.17, 15) is 8.42 Å². The third kappa shape index (κ3) is 34.1. The van der Waals surface area contributed by atoms with Gasteiger partial charge in [-0.3, -0.25) is 4.55 Å². The predicted octanol–water partition coefficient (Wildman–Crippen LogP) is 1.23. The number of hydrogen-bond acceptors (Lipinski definition) is 3. The largest absolute Gasteiger partial charge is 0.393 e. The van der Waals surface area contributed by atoms with E-state index in [1.54, 1.807) is 6.08 Å². The Bertz CT molecular complexity index is 200. The first-order chi connectivity index (χ1) is 5.81. The number of aliphatic hydroxyl groups is 1. The molecular formula is C8H18O4S. The van der Waals surface area contributed by atoms with Crippen LogP contribution in [0.3, 0.4) is 0 Å². The van der Waals surface area contributed by atoms with Crippen molar-refractivity contribution >= 4 is 10.1 Å². The summed E-state index contributed by atoms with van der Waals surface area (Å²) in [6.07, 6.45) is 4.99. The molecule has 0 radical (unpaired) electrons. The highest BCUT2D eigenvalue weighted by atomic mass is 32.2. The molecule has 0 aromatic carbocycles. The lowest BCUT2D eigenvalue weighted by molar-refractivity contribution is 0.167. The minimum absolute atomic E-state index is 0.155. The fourth-order valence-corrected chi connectivity index (χ4v) is 0.643. The van der Waals surface area contributed by atoms with Gasteiger partial charge in [0.1, 0.15) is 0 Å². The maximum Gasteiger partial charge on any atom is 0.261 e. The van der Waals surface area contributed by atoms with Gasteiger partial charge in [-0.25, -0.2) is 0 Å². The molecule has 0 aliphatic rings. The molecule has 0 saturated heterocycles. The van der Waals surface area contributed by atoms with E-state index in [4.69, 9.17) is 9.66 Å². The molecule has 13 heavy (non-hydrogen) atoms. The van der Waals surface area contributed by atoms with Crippen LogP contribution >= 0.6 is 0 Å². The molecule has 1 atom stereocenters. The van der Waals surface area contributed by atoms with Gasteiger partial charge < -0.3 is 5.11 Å². The van der Waals surface area contributed by atoms with E-state index in [1.807, 2.05) is 0 Å². The van der Waals surface area contributed by atoms with Crippen molar-refractivity contribution in [1.82, 2.24) is 0 Å². The second-order valence-corrected chi connectivity index (χ2v) is 4.17. The summed E-state index contributed by atoms with van der Waals surface area (Å²) < 4.78 is 25.9. The van der Waals surface area contributed by atoms with Crippen molar-refractivity contribution in [3.05, 3.63) is 12.7 Å². The molecule has 0 aliphatic carbocycles. The molecule has 5 heteroatoms. The SMILES string of the molecule is C=CCC(O)CCC.CS(=O)(=O)O. The third-order valence-corrected chi connectivity index (χ3v) is 1.06. The van der Waals surface area contributed by atoms with Gasteiger partial charge in [0.05, 0.1) is 12.4 Å². The van der Waals surface area contributed by atoms with Gasteiger partial charge >= 0.3 is 0 Å². The molecule has 0 fully saturated rings. The molecule has 0 bridgehead atoms. The Hall–Kier alpha value is -0.390. The van der Waals surface area contributed by atoms with Crippen LogP contribution in [0.1, 0.15) is 26.2 Å². The minimum atomic E-state index is -3.67. The first kappa shape index (κ1) is 15.1. The molecule has 0 saturated carbocycles. The normalized spacial score (nSPS) is 12.6. The second kappa shape index (κ2) is 8.22. The van der Waals surface area contributed by atoms with E-state index >= 15 is 0 Å². The summed E-state index contributed by atoms with van der Waals surface area (Å²) in [6, 6.07) is 0. The lowest BCUT2D eigenvalue weighted by Gasteiger charge is -2.02. The van der Waals surface area contributed by atoms with Crippen LogP contribution in [-0.4, -0.2) is 30.4 Å². The zero-order valence-corrected chi connectivity index (χ0v) is 8.92. The Balaban J connectivity index is 0. The summed E-state index contributed by atoms with van der Waals surface area (Å²) in [5.74, 6) is 0. The summed E-state index contributed by atoms with van der Waals surface area (Å²) in [6.45, 7) is 5.58. The maximum absolute atomic E-state index is 9.19. The van der Waals surface area contributed by atoms with E-state index in [-0.39, 0.29) is 6.10 Å². The fourth-order valence-electron chi connectivity index (χ4n) is 0.643. The molecule has 0 amide bonds. The Morgan fingerprint density at radius 3 is 2.15 bits per heavy atom. The highest BCUT2D eigenvalue weighted by Crippen LogP contribution is 1.99. The molecule has 0 aliphatic heterocycles. The maximum atomic E-state index is 9.19. The molecule has 2 N–H and O–H groups in total. The topological polar surface area (TPSA) is 74.6 Å². The highest BCUT2D eigenvalue weighted by Gasteiger charge is 1.96. The Morgan fingerprint density at radius 2 is 1.92 bits per heavy atom. The Kier molecular flexibility index (Phi) is 9.55. The first-order valence-corrected chi connectivity index (χ1v) is 5.87. The van der Waals surface area contributed by atoms with Crippen LogP contribution in [0, 0.1) is 0 Å². The van der Waals surface area contributed by atoms with Crippen LogP contribution in [0.25, 0.3) is 0 Å². The molecule has 0 rings (SSSR count). The molecule has 1 unspecified atom stereocenters. The van der Waals surface area contributed by atoms with Crippen molar-refractivity contribution in [3.63, 3.8) is 0 Å². The molecule has 0 heterocycles. The third-order valence-electron chi connectivity index (χ3n) is 1.06. The van der Waals surface area contributed by atoms with Crippen molar-refractivity contribution in [2.24, 2.45) is 0 Å². The lowest BCUT2D eigenvalue weighted by Crippen LogP contribution is -2.02. The van der Waals surface area contributed by atoms with Crippen LogP contribution in [-0.2, 0) is 10.1 Å². The van der Waals surface area contributed by atoms with Gasteiger partial charge in [-0.05, 0) is 12.8 Å². The number of rotatable bonds is 4. The Morgan fingerprint density at radius 1 is 1.54 bits per heavy atom. The standard InChI is InChI=1S/C7H14O.CH4O3S/c1-3-5-7(8)6-4-2;1-5(2,3)4/h3,7-8H,1,4-6H2,2H3;1H3,(H,2,3,4).